The fourth-order valence-electron chi connectivity index (χ4n) is 2.89. The zero-order valence-corrected chi connectivity index (χ0v) is 16.7. The van der Waals surface area contributed by atoms with Gasteiger partial charge in [0.2, 0.25) is 0 Å². The summed E-state index contributed by atoms with van der Waals surface area (Å²) in [5.74, 6) is 1.94. The molecule has 0 spiro atoms. The molecule has 0 radical (unpaired) electrons. The number of likely N-dealkylation sites (tertiary alicyclic amines) is 1. The predicted octanol–water partition coefficient (Wildman–Crippen LogP) is 2.87. The van der Waals surface area contributed by atoms with Gasteiger partial charge in [-0.3, -0.25) is 9.89 Å². The summed E-state index contributed by atoms with van der Waals surface area (Å²) < 4.78 is 5.36. The maximum atomic E-state index is 5.36. The number of hydrogen-bond donors (Lipinski definition) is 2. The van der Waals surface area contributed by atoms with E-state index in [1.165, 1.54) is 19.4 Å². The monoisotopic (exact) mass is 434 g/mol. The third-order valence-electron chi connectivity index (χ3n) is 4.15. The van der Waals surface area contributed by atoms with Crippen LogP contribution in [0.5, 0.6) is 0 Å². The molecule has 1 aromatic heterocycles. The first-order valence-corrected chi connectivity index (χ1v) is 8.62. The van der Waals surface area contributed by atoms with Gasteiger partial charge in [0, 0.05) is 25.6 Å². The largest absolute Gasteiger partial charge is 0.469 e. The van der Waals surface area contributed by atoms with Gasteiger partial charge in [-0.25, -0.2) is 0 Å². The Morgan fingerprint density at radius 2 is 2.17 bits per heavy atom. The lowest BCUT2D eigenvalue weighted by molar-refractivity contribution is 0.273. The third kappa shape index (κ3) is 7.12. The van der Waals surface area contributed by atoms with Gasteiger partial charge in [-0.05, 0) is 44.5 Å². The summed E-state index contributed by atoms with van der Waals surface area (Å²) >= 11 is 0. The highest BCUT2D eigenvalue weighted by atomic mass is 127. The lowest BCUT2D eigenvalue weighted by Gasteiger charge is -2.21. The summed E-state index contributed by atoms with van der Waals surface area (Å²) in [7, 11) is 0. The van der Waals surface area contributed by atoms with Gasteiger partial charge >= 0.3 is 0 Å². The second-order valence-electron chi connectivity index (χ2n) is 5.80. The zero-order chi connectivity index (χ0) is 15.6. The zero-order valence-electron chi connectivity index (χ0n) is 14.4. The highest BCUT2D eigenvalue weighted by Gasteiger charge is 2.22. The van der Waals surface area contributed by atoms with Crippen molar-refractivity contribution in [2.45, 2.75) is 45.6 Å². The van der Waals surface area contributed by atoms with E-state index in [1.54, 1.807) is 6.26 Å². The lowest BCUT2D eigenvalue weighted by Crippen LogP contribution is -2.40. The SMILES string of the molecule is CCCNC(=NCC1CCCN1CC)NCCc1ccco1.I. The van der Waals surface area contributed by atoms with Crippen LogP contribution in [0.15, 0.2) is 27.8 Å². The van der Waals surface area contributed by atoms with E-state index in [9.17, 15) is 0 Å². The molecule has 1 aromatic rings. The second kappa shape index (κ2) is 11.7. The lowest BCUT2D eigenvalue weighted by atomic mass is 10.2. The Kier molecular flexibility index (Phi) is 10.3. The number of nitrogens with zero attached hydrogens (tertiary/aromatic N) is 2. The summed E-state index contributed by atoms with van der Waals surface area (Å²) in [5.41, 5.74) is 0. The summed E-state index contributed by atoms with van der Waals surface area (Å²) in [6.07, 6.45) is 6.27. The summed E-state index contributed by atoms with van der Waals surface area (Å²) in [6, 6.07) is 4.55. The molecule has 1 aliphatic rings. The smallest absolute Gasteiger partial charge is 0.191 e. The van der Waals surface area contributed by atoms with E-state index in [0.29, 0.717) is 6.04 Å². The molecule has 2 N–H and O–H groups in total. The molecule has 1 unspecified atom stereocenters. The molecular formula is C17H31IN4O. The van der Waals surface area contributed by atoms with Crippen molar-refractivity contribution in [1.82, 2.24) is 15.5 Å². The van der Waals surface area contributed by atoms with Gasteiger partial charge in [-0.15, -0.1) is 24.0 Å². The molecule has 23 heavy (non-hydrogen) atoms. The molecule has 0 aliphatic carbocycles. The first kappa shape index (κ1) is 20.3. The average Bonchev–Trinajstić information content (AvgIpc) is 3.20. The van der Waals surface area contributed by atoms with Crippen LogP contribution in [0.2, 0.25) is 0 Å². The number of hydrogen-bond acceptors (Lipinski definition) is 3. The standard InChI is InChI=1S/C17H30N4O.HI/c1-3-10-18-17(19-11-9-16-8-6-13-22-16)20-14-15-7-5-12-21(15)4-2;/h6,8,13,15H,3-5,7,9-12,14H2,1-2H3,(H2,18,19,20);1H. The number of furan rings is 1. The molecule has 0 aromatic carbocycles. The van der Waals surface area contributed by atoms with Gasteiger partial charge in [-0.1, -0.05) is 13.8 Å². The predicted molar refractivity (Wildman–Crippen MR) is 107 cm³/mol. The summed E-state index contributed by atoms with van der Waals surface area (Å²) in [5, 5.41) is 6.81. The maximum Gasteiger partial charge on any atom is 0.191 e. The van der Waals surface area contributed by atoms with E-state index < -0.39 is 0 Å². The van der Waals surface area contributed by atoms with Crippen LogP contribution in [0, 0.1) is 0 Å². The molecule has 1 saturated heterocycles. The summed E-state index contributed by atoms with van der Waals surface area (Å²) in [6.45, 7) is 9.43. The molecule has 1 fully saturated rings. The Morgan fingerprint density at radius 3 is 2.87 bits per heavy atom. The van der Waals surface area contributed by atoms with Gasteiger partial charge in [0.1, 0.15) is 5.76 Å². The van der Waals surface area contributed by atoms with Crippen molar-refractivity contribution in [2.24, 2.45) is 4.99 Å². The fourth-order valence-corrected chi connectivity index (χ4v) is 2.89. The number of rotatable bonds is 8. The Bertz CT molecular complexity index is 436. The maximum absolute atomic E-state index is 5.36. The Labute approximate surface area is 157 Å². The Morgan fingerprint density at radius 1 is 1.35 bits per heavy atom. The van der Waals surface area contributed by atoms with Crippen LogP contribution in [0.3, 0.4) is 0 Å². The Hall–Kier alpha value is -0.760. The van der Waals surface area contributed by atoms with Crippen LogP contribution in [0.25, 0.3) is 0 Å². The van der Waals surface area contributed by atoms with E-state index in [-0.39, 0.29) is 24.0 Å². The molecular weight excluding hydrogens is 403 g/mol. The molecule has 0 bridgehead atoms. The van der Waals surface area contributed by atoms with Crippen molar-refractivity contribution in [3.63, 3.8) is 0 Å². The quantitative estimate of drug-likeness (QED) is 0.376. The van der Waals surface area contributed by atoms with Crippen molar-refractivity contribution in [1.29, 1.82) is 0 Å². The van der Waals surface area contributed by atoms with E-state index in [2.05, 4.69) is 29.4 Å². The first-order valence-electron chi connectivity index (χ1n) is 8.62. The third-order valence-corrected chi connectivity index (χ3v) is 4.15. The number of halogens is 1. The van der Waals surface area contributed by atoms with Crippen LogP contribution < -0.4 is 10.6 Å². The van der Waals surface area contributed by atoms with Gasteiger partial charge in [-0.2, -0.15) is 0 Å². The van der Waals surface area contributed by atoms with Gasteiger partial charge in [0.25, 0.3) is 0 Å². The van der Waals surface area contributed by atoms with E-state index in [4.69, 9.17) is 9.41 Å². The molecule has 2 heterocycles. The molecule has 132 valence electrons. The number of nitrogens with one attached hydrogen (secondary N) is 2. The number of guanidine groups is 1. The van der Waals surface area contributed by atoms with Gasteiger partial charge in [0.15, 0.2) is 5.96 Å². The van der Waals surface area contributed by atoms with Crippen molar-refractivity contribution in [2.75, 3.05) is 32.7 Å². The van der Waals surface area contributed by atoms with Crippen LogP contribution in [0.4, 0.5) is 0 Å². The number of likely N-dealkylation sites (N-methyl/N-ethyl adjacent to an activating group) is 1. The van der Waals surface area contributed by atoms with Gasteiger partial charge < -0.3 is 15.1 Å². The average molecular weight is 434 g/mol. The van der Waals surface area contributed by atoms with Crippen LogP contribution in [0.1, 0.15) is 38.9 Å². The summed E-state index contributed by atoms with van der Waals surface area (Å²) in [4.78, 5) is 7.31. The second-order valence-corrected chi connectivity index (χ2v) is 5.80. The van der Waals surface area contributed by atoms with Crippen molar-refractivity contribution < 1.29 is 4.42 Å². The van der Waals surface area contributed by atoms with Crippen LogP contribution in [-0.2, 0) is 6.42 Å². The molecule has 5 nitrogen and oxygen atoms in total. The Balaban J connectivity index is 0.00000264. The minimum Gasteiger partial charge on any atom is -0.469 e. The van der Waals surface area contributed by atoms with Crippen molar-refractivity contribution in [3.05, 3.63) is 24.2 Å². The topological polar surface area (TPSA) is 52.8 Å². The molecule has 0 saturated carbocycles. The first-order chi connectivity index (χ1) is 10.8. The molecule has 0 amide bonds. The van der Waals surface area contributed by atoms with Crippen LogP contribution >= 0.6 is 24.0 Å². The fraction of sp³-hybridized carbons (Fsp3) is 0.706. The van der Waals surface area contributed by atoms with E-state index in [1.807, 2.05) is 12.1 Å². The van der Waals surface area contributed by atoms with Crippen LogP contribution in [-0.4, -0.2) is 49.6 Å². The molecule has 1 atom stereocenters. The molecule has 2 rings (SSSR count). The molecule has 1 aliphatic heterocycles. The highest BCUT2D eigenvalue weighted by Crippen LogP contribution is 2.16. The van der Waals surface area contributed by atoms with Crippen molar-refractivity contribution >= 4 is 29.9 Å². The van der Waals surface area contributed by atoms with E-state index in [0.717, 1.165) is 50.7 Å². The number of aliphatic imine (C=N–C) groups is 1. The normalized spacial score (nSPS) is 18.7. The van der Waals surface area contributed by atoms with Gasteiger partial charge in [0.05, 0.1) is 12.8 Å². The minimum absolute atomic E-state index is 0. The highest BCUT2D eigenvalue weighted by molar-refractivity contribution is 14.0. The molecule has 6 heteroatoms. The van der Waals surface area contributed by atoms with Crippen molar-refractivity contribution in [3.8, 4) is 0 Å². The minimum atomic E-state index is 0. The van der Waals surface area contributed by atoms with E-state index >= 15 is 0 Å².